The molecule has 32 heavy (non-hydrogen) atoms. The maximum atomic E-state index is 13.8. The molecule has 0 radical (unpaired) electrons. The van der Waals surface area contributed by atoms with Crippen LogP contribution in [0.15, 0.2) is 30.3 Å². The number of benzene rings is 2. The average molecular weight is 473 g/mol. The highest BCUT2D eigenvalue weighted by Crippen LogP contribution is 2.33. The summed E-state index contributed by atoms with van der Waals surface area (Å²) < 4.78 is 78.4. The normalized spacial score (nSPS) is 15.0. The number of hydrogen-bond acceptors (Lipinski definition) is 3. The molecule has 0 aliphatic carbocycles. The predicted molar refractivity (Wildman–Crippen MR) is 113 cm³/mol. The van der Waals surface area contributed by atoms with Crippen LogP contribution < -0.4 is 5.32 Å². The fourth-order valence-electron chi connectivity index (χ4n) is 3.70. The summed E-state index contributed by atoms with van der Waals surface area (Å²) in [5.74, 6) is -1.93. The first kappa shape index (κ1) is 24.2. The number of nitrogens with one attached hydrogen (secondary N) is 1. The van der Waals surface area contributed by atoms with Crippen molar-refractivity contribution in [2.24, 2.45) is 0 Å². The second-order valence-electron chi connectivity index (χ2n) is 8.11. The lowest BCUT2D eigenvalue weighted by Crippen LogP contribution is -2.40. The van der Waals surface area contributed by atoms with Crippen molar-refractivity contribution in [2.45, 2.75) is 51.6 Å². The minimum Gasteiger partial charge on any atom is -0.325 e. The molecule has 2 aromatic carbocycles. The van der Waals surface area contributed by atoms with Crippen LogP contribution in [-0.2, 0) is 40.4 Å². The molecule has 10 heteroatoms. The Bertz CT molecular complexity index is 1140. The van der Waals surface area contributed by atoms with Gasteiger partial charge in [-0.25, -0.2) is 12.8 Å². The molecule has 0 unspecified atom stereocenters. The number of halogens is 4. The molecule has 0 spiro atoms. The van der Waals surface area contributed by atoms with Gasteiger partial charge in [0.1, 0.15) is 5.82 Å². The first-order valence-corrected chi connectivity index (χ1v) is 11.6. The quantitative estimate of drug-likeness (QED) is 0.655. The molecule has 0 fully saturated rings. The van der Waals surface area contributed by atoms with E-state index in [9.17, 15) is 30.8 Å². The highest BCUT2D eigenvalue weighted by atomic mass is 32.2. The van der Waals surface area contributed by atoms with Crippen molar-refractivity contribution in [3.05, 3.63) is 64.0 Å². The van der Waals surface area contributed by atoms with Crippen molar-refractivity contribution in [2.75, 3.05) is 11.9 Å². The van der Waals surface area contributed by atoms with E-state index >= 15 is 0 Å². The molecule has 1 amide bonds. The van der Waals surface area contributed by atoms with Gasteiger partial charge in [0.05, 0.1) is 17.2 Å². The average Bonchev–Trinajstić information content (AvgIpc) is 2.68. The number of anilines is 1. The van der Waals surface area contributed by atoms with Crippen LogP contribution in [-0.4, -0.2) is 30.4 Å². The number of fused-ring (bicyclic) bond motifs is 1. The summed E-state index contributed by atoms with van der Waals surface area (Å²) in [4.78, 5) is 12.6. The fraction of sp³-hybridized carbons (Fsp3) is 0.409. The van der Waals surface area contributed by atoms with E-state index in [2.05, 4.69) is 5.32 Å². The van der Waals surface area contributed by atoms with E-state index in [1.807, 2.05) is 6.07 Å². The molecule has 0 saturated heterocycles. The van der Waals surface area contributed by atoms with Crippen LogP contribution in [0.5, 0.6) is 0 Å². The molecular weight excluding hydrogens is 448 g/mol. The maximum Gasteiger partial charge on any atom is 0.419 e. The van der Waals surface area contributed by atoms with Gasteiger partial charge in [-0.3, -0.25) is 4.79 Å². The lowest BCUT2D eigenvalue weighted by Gasteiger charge is -2.31. The Balaban J connectivity index is 1.79. The Hall–Kier alpha value is -2.46. The number of nitrogens with zero attached hydrogens (tertiary/aromatic N) is 1. The first-order valence-electron chi connectivity index (χ1n) is 10.1. The van der Waals surface area contributed by atoms with Crippen LogP contribution in [0.4, 0.5) is 23.2 Å². The summed E-state index contributed by atoms with van der Waals surface area (Å²) in [5.41, 5.74) is 1.67. The first-order chi connectivity index (χ1) is 14.8. The van der Waals surface area contributed by atoms with Gasteiger partial charge in [-0.1, -0.05) is 18.2 Å². The van der Waals surface area contributed by atoms with Gasteiger partial charge in [-0.05, 0) is 61.6 Å². The number of rotatable bonds is 5. The van der Waals surface area contributed by atoms with Gasteiger partial charge >= 0.3 is 6.18 Å². The topological polar surface area (TPSA) is 66.5 Å². The van der Waals surface area contributed by atoms with Crippen LogP contribution in [0, 0.1) is 12.7 Å². The summed E-state index contributed by atoms with van der Waals surface area (Å²) in [7, 11) is -3.42. The zero-order chi connectivity index (χ0) is 23.8. The Morgan fingerprint density at radius 2 is 1.88 bits per heavy atom. The third-order valence-electron chi connectivity index (χ3n) is 5.50. The molecule has 5 nitrogen and oxygen atoms in total. The lowest BCUT2D eigenvalue weighted by molar-refractivity contribution is -0.140. The highest BCUT2D eigenvalue weighted by Gasteiger charge is 2.34. The number of carbonyl (C=O) groups excluding carboxylic acids is 1. The molecule has 1 aliphatic rings. The molecule has 2 aromatic rings. The largest absolute Gasteiger partial charge is 0.419 e. The number of sulfonamides is 1. The molecule has 0 atom stereocenters. The summed E-state index contributed by atoms with van der Waals surface area (Å²) in [6.07, 6.45) is -4.69. The van der Waals surface area contributed by atoms with Crippen molar-refractivity contribution < 1.29 is 30.8 Å². The van der Waals surface area contributed by atoms with E-state index < -0.39 is 38.7 Å². The van der Waals surface area contributed by atoms with Gasteiger partial charge in [-0.2, -0.15) is 17.5 Å². The van der Waals surface area contributed by atoms with E-state index in [4.69, 9.17) is 0 Å². The van der Waals surface area contributed by atoms with E-state index in [0.717, 1.165) is 22.8 Å². The Labute approximate surface area is 184 Å². The minimum absolute atomic E-state index is 0.115. The molecule has 0 aromatic heterocycles. The van der Waals surface area contributed by atoms with Crippen LogP contribution in [0.1, 0.15) is 41.7 Å². The molecule has 1 heterocycles. The third kappa shape index (κ3) is 4.96. The number of alkyl halides is 3. The van der Waals surface area contributed by atoms with Crippen LogP contribution in [0.3, 0.4) is 0 Å². The zero-order valence-corrected chi connectivity index (χ0v) is 18.7. The van der Waals surface area contributed by atoms with Gasteiger partial charge in [0.2, 0.25) is 15.9 Å². The van der Waals surface area contributed by atoms with Gasteiger partial charge < -0.3 is 5.32 Å². The smallest absolute Gasteiger partial charge is 0.325 e. The Kier molecular flexibility index (Phi) is 6.67. The second kappa shape index (κ2) is 8.82. The zero-order valence-electron chi connectivity index (χ0n) is 17.9. The lowest BCUT2D eigenvalue weighted by atomic mass is 9.95. The van der Waals surface area contributed by atoms with E-state index in [1.54, 1.807) is 26.8 Å². The molecule has 1 aliphatic heterocycles. The van der Waals surface area contributed by atoms with E-state index in [0.29, 0.717) is 24.2 Å². The summed E-state index contributed by atoms with van der Waals surface area (Å²) in [5, 5.41) is 2.23. The van der Waals surface area contributed by atoms with Crippen LogP contribution in [0.25, 0.3) is 0 Å². The number of carbonyl (C=O) groups is 1. The van der Waals surface area contributed by atoms with Crippen molar-refractivity contribution in [3.8, 4) is 0 Å². The predicted octanol–water partition coefficient (Wildman–Crippen LogP) is 4.43. The number of hydrogen-bond donors (Lipinski definition) is 1. The number of aryl methyl sites for hydroxylation is 1. The summed E-state index contributed by atoms with van der Waals surface area (Å²) in [6, 6.07) is 6.01. The van der Waals surface area contributed by atoms with Gasteiger partial charge in [0.15, 0.2) is 0 Å². The minimum atomic E-state index is -4.80. The van der Waals surface area contributed by atoms with Gasteiger partial charge in [0.25, 0.3) is 0 Å². The molecule has 174 valence electrons. The summed E-state index contributed by atoms with van der Waals surface area (Å²) in [6.45, 7) is 5.52. The van der Waals surface area contributed by atoms with Crippen molar-refractivity contribution in [3.63, 3.8) is 0 Å². The van der Waals surface area contributed by atoms with Crippen molar-refractivity contribution in [1.82, 2.24) is 4.31 Å². The SMILES string of the molecule is Cc1ccc2c(c1NC(=O)Cc1ccc(C(F)(F)F)c(F)c1)CCN(S(=O)(=O)C(C)C)C2. The van der Waals surface area contributed by atoms with Crippen LogP contribution in [0.2, 0.25) is 0 Å². The number of amides is 1. The monoisotopic (exact) mass is 472 g/mol. The Morgan fingerprint density at radius 1 is 1.19 bits per heavy atom. The standard InChI is InChI=1S/C22H24F4N2O3S/c1-13(2)32(30,31)28-9-8-17-16(12-28)6-4-14(3)21(17)27-20(29)11-15-5-7-18(19(23)10-15)22(24,25)26/h4-7,10,13H,8-9,11-12H2,1-3H3,(H,27,29). The van der Waals surface area contributed by atoms with E-state index in [-0.39, 0.29) is 25.1 Å². The Morgan fingerprint density at radius 3 is 2.47 bits per heavy atom. The second-order valence-corrected chi connectivity index (χ2v) is 10.6. The fourth-order valence-corrected chi connectivity index (χ4v) is 4.97. The molecular formula is C22H24F4N2O3S. The molecule has 1 N–H and O–H groups in total. The van der Waals surface area contributed by atoms with Crippen LogP contribution >= 0.6 is 0 Å². The highest BCUT2D eigenvalue weighted by molar-refractivity contribution is 7.89. The maximum absolute atomic E-state index is 13.8. The van der Waals surface area contributed by atoms with Crippen molar-refractivity contribution in [1.29, 1.82) is 0 Å². The van der Waals surface area contributed by atoms with Gasteiger partial charge in [0, 0.05) is 18.8 Å². The summed E-state index contributed by atoms with van der Waals surface area (Å²) >= 11 is 0. The third-order valence-corrected chi connectivity index (χ3v) is 7.72. The molecule has 0 saturated carbocycles. The molecule has 0 bridgehead atoms. The van der Waals surface area contributed by atoms with E-state index in [1.165, 1.54) is 4.31 Å². The van der Waals surface area contributed by atoms with Crippen molar-refractivity contribution >= 4 is 21.6 Å². The van der Waals surface area contributed by atoms with Gasteiger partial charge in [-0.15, -0.1) is 0 Å². The molecule has 3 rings (SSSR count).